The van der Waals surface area contributed by atoms with E-state index in [9.17, 15) is 24.6 Å². The number of carboxylic acids is 2. The van der Waals surface area contributed by atoms with Gasteiger partial charge < -0.3 is 35.6 Å². The van der Waals surface area contributed by atoms with Gasteiger partial charge in [-0.3, -0.25) is 33.9 Å². The first-order valence-electron chi connectivity index (χ1n) is 15.4. The van der Waals surface area contributed by atoms with Crippen molar-refractivity contribution in [1.82, 2.24) is 30.2 Å². The summed E-state index contributed by atoms with van der Waals surface area (Å²) in [6.45, 7) is 14.9. The number of unbranched alkanes of at least 4 members (excludes halogenated alkanes) is 5. The molecule has 0 saturated carbocycles. The van der Waals surface area contributed by atoms with Crippen LogP contribution in [0.1, 0.15) is 65.2 Å². The fourth-order valence-electron chi connectivity index (χ4n) is 4.57. The van der Waals surface area contributed by atoms with Crippen LogP contribution >= 0.6 is 0 Å². The van der Waals surface area contributed by atoms with Crippen molar-refractivity contribution in [1.29, 1.82) is 0 Å². The minimum absolute atomic E-state index is 0.0295. The zero-order chi connectivity index (χ0) is 32.7. The molecule has 5 N–H and O–H groups in total. The van der Waals surface area contributed by atoms with Gasteiger partial charge in [0.2, 0.25) is 5.91 Å². The molecule has 1 heterocycles. The van der Waals surface area contributed by atoms with Crippen molar-refractivity contribution in [2.75, 3.05) is 91.8 Å². The number of aliphatic carboxylic acids is 2. The van der Waals surface area contributed by atoms with Gasteiger partial charge in [-0.15, -0.1) is 0 Å². The number of hydrogen-bond acceptors (Lipinski definition) is 10. The van der Waals surface area contributed by atoms with Gasteiger partial charge in [-0.05, 0) is 32.4 Å². The third-order valence-corrected chi connectivity index (χ3v) is 7.04. The smallest absolute Gasteiger partial charge is 0.317 e. The van der Waals surface area contributed by atoms with E-state index in [-0.39, 0.29) is 25.5 Å². The largest absolute Gasteiger partial charge is 0.483 e. The van der Waals surface area contributed by atoms with Gasteiger partial charge in [-0.25, -0.2) is 0 Å². The SMILES string of the molecule is C=O.CCCCCCNC(=O)CCCCCNCN1CCN(CC)CCN(CC(=O)O)CCN(CC(=O)O)CC1.O=CO. The number of nitrogens with zero attached hydrogens (tertiary/aromatic N) is 4. The lowest BCUT2D eigenvalue weighted by molar-refractivity contribution is -0.140. The molecule has 0 aromatic heterocycles. The summed E-state index contributed by atoms with van der Waals surface area (Å²) < 4.78 is 0. The number of carbonyl (C=O) groups is 5. The summed E-state index contributed by atoms with van der Waals surface area (Å²) in [5.41, 5.74) is 0. The first-order valence-corrected chi connectivity index (χ1v) is 15.4. The molecular formula is C29H58N6O8. The highest BCUT2D eigenvalue weighted by molar-refractivity contribution is 5.75. The van der Waals surface area contributed by atoms with Crippen LogP contribution in [0.2, 0.25) is 0 Å². The molecule has 1 aliphatic heterocycles. The van der Waals surface area contributed by atoms with Gasteiger partial charge in [0.05, 0.1) is 13.1 Å². The van der Waals surface area contributed by atoms with Crippen LogP contribution in [0, 0.1) is 0 Å². The van der Waals surface area contributed by atoms with Crippen LogP contribution in [0.4, 0.5) is 0 Å². The molecule has 0 unspecified atom stereocenters. The van der Waals surface area contributed by atoms with Gasteiger partial charge in [0, 0.05) is 72.0 Å². The van der Waals surface area contributed by atoms with Crippen LogP contribution in [0.25, 0.3) is 0 Å². The first kappa shape index (κ1) is 42.5. The number of nitrogens with one attached hydrogen (secondary N) is 2. The molecule has 252 valence electrons. The number of hydrogen-bond donors (Lipinski definition) is 5. The molecule has 43 heavy (non-hydrogen) atoms. The molecule has 0 spiro atoms. The Morgan fingerprint density at radius 3 is 1.60 bits per heavy atom. The molecule has 0 bridgehead atoms. The van der Waals surface area contributed by atoms with Crippen molar-refractivity contribution >= 4 is 31.1 Å². The van der Waals surface area contributed by atoms with Crippen molar-refractivity contribution in [3.8, 4) is 0 Å². The van der Waals surface area contributed by atoms with Crippen molar-refractivity contribution in [3.05, 3.63) is 0 Å². The summed E-state index contributed by atoms with van der Waals surface area (Å²) in [6.07, 6.45) is 8.20. The van der Waals surface area contributed by atoms with Crippen molar-refractivity contribution in [3.63, 3.8) is 0 Å². The fourth-order valence-corrected chi connectivity index (χ4v) is 4.57. The van der Waals surface area contributed by atoms with Gasteiger partial charge in [0.15, 0.2) is 0 Å². The maximum absolute atomic E-state index is 11.9. The third kappa shape index (κ3) is 27.9. The molecule has 14 heteroatoms. The van der Waals surface area contributed by atoms with E-state index in [0.29, 0.717) is 32.6 Å². The van der Waals surface area contributed by atoms with Crippen molar-refractivity contribution < 1.29 is 39.3 Å². The molecular weight excluding hydrogens is 560 g/mol. The van der Waals surface area contributed by atoms with E-state index in [1.807, 2.05) is 16.6 Å². The lowest BCUT2D eigenvalue weighted by Crippen LogP contribution is -2.49. The van der Waals surface area contributed by atoms with E-state index in [1.165, 1.54) is 19.3 Å². The normalized spacial score (nSPS) is 15.9. The lowest BCUT2D eigenvalue weighted by Gasteiger charge is -2.33. The number of carbonyl (C=O) groups excluding carboxylic acids is 2. The molecule has 1 aliphatic rings. The lowest BCUT2D eigenvalue weighted by atomic mass is 10.2. The number of likely N-dealkylation sites (N-methyl/N-ethyl adjacent to an activating group) is 1. The van der Waals surface area contributed by atoms with Gasteiger partial charge in [0.25, 0.3) is 6.47 Å². The fraction of sp³-hybridized carbons (Fsp3) is 0.828. The Balaban J connectivity index is 0. The molecule has 1 amide bonds. The number of rotatable bonds is 18. The van der Waals surface area contributed by atoms with E-state index in [4.69, 9.17) is 14.7 Å². The summed E-state index contributed by atoms with van der Waals surface area (Å²) in [4.78, 5) is 59.4. The molecule has 0 aliphatic carbocycles. The van der Waals surface area contributed by atoms with E-state index < -0.39 is 11.9 Å². The minimum Gasteiger partial charge on any atom is -0.483 e. The van der Waals surface area contributed by atoms with Gasteiger partial charge in [0.1, 0.15) is 6.79 Å². The molecule has 0 aromatic rings. The van der Waals surface area contributed by atoms with Gasteiger partial charge in [-0.1, -0.05) is 39.5 Å². The Bertz CT molecular complexity index is 718. The Morgan fingerprint density at radius 1 is 0.698 bits per heavy atom. The second kappa shape index (κ2) is 30.8. The molecule has 14 nitrogen and oxygen atoms in total. The highest BCUT2D eigenvalue weighted by Gasteiger charge is 2.18. The quantitative estimate of drug-likeness (QED) is 0.107. The molecule has 0 radical (unpaired) electrons. The van der Waals surface area contributed by atoms with E-state index >= 15 is 0 Å². The predicted molar refractivity (Wildman–Crippen MR) is 166 cm³/mol. The standard InChI is InChI=1S/C27H54N6O5.CH2O2.CH2O/c1-3-5-6-10-13-29-25(34)11-8-7-9-12-28-24-33-20-15-30(4-2)14-16-31(22-26(35)36)17-18-32(19-21-33)23-27(37)38;2-1-3;1-2/h28H,3-24H2,1-2H3,(H,29,34)(H,35,36)(H,37,38);1H,(H,2,3);1H2. The van der Waals surface area contributed by atoms with Crippen LogP contribution in [0.3, 0.4) is 0 Å². The average molecular weight is 619 g/mol. The van der Waals surface area contributed by atoms with Gasteiger partial charge >= 0.3 is 11.9 Å². The first-order chi connectivity index (χ1) is 20.7. The molecule has 0 aromatic carbocycles. The summed E-state index contributed by atoms with van der Waals surface area (Å²) in [6, 6.07) is 0. The van der Waals surface area contributed by atoms with E-state index in [0.717, 1.165) is 78.2 Å². The summed E-state index contributed by atoms with van der Waals surface area (Å²) >= 11 is 0. The Labute approximate surface area is 257 Å². The van der Waals surface area contributed by atoms with Crippen LogP contribution in [0.15, 0.2) is 0 Å². The van der Waals surface area contributed by atoms with Crippen LogP contribution in [0.5, 0.6) is 0 Å². The number of carboxylic acid groups (broad SMARTS) is 3. The van der Waals surface area contributed by atoms with Crippen molar-refractivity contribution in [2.45, 2.75) is 65.2 Å². The zero-order valence-electron chi connectivity index (χ0n) is 26.5. The molecule has 1 fully saturated rings. The maximum atomic E-state index is 11.9. The second-order valence-corrected chi connectivity index (χ2v) is 10.4. The molecule has 0 atom stereocenters. The Hall–Kier alpha value is -2.65. The topological polar surface area (TPSA) is 183 Å². The third-order valence-electron chi connectivity index (χ3n) is 7.04. The van der Waals surface area contributed by atoms with E-state index in [2.05, 4.69) is 34.3 Å². The Morgan fingerprint density at radius 2 is 1.14 bits per heavy atom. The van der Waals surface area contributed by atoms with Crippen molar-refractivity contribution in [2.24, 2.45) is 0 Å². The maximum Gasteiger partial charge on any atom is 0.317 e. The predicted octanol–water partition coefficient (Wildman–Crippen LogP) is 0.717. The highest BCUT2D eigenvalue weighted by Crippen LogP contribution is 2.03. The zero-order valence-corrected chi connectivity index (χ0v) is 26.5. The highest BCUT2D eigenvalue weighted by atomic mass is 16.4. The summed E-state index contributed by atoms with van der Waals surface area (Å²) in [5.74, 6) is -1.57. The number of amides is 1. The van der Waals surface area contributed by atoms with Gasteiger partial charge in [-0.2, -0.15) is 0 Å². The van der Waals surface area contributed by atoms with Crippen LogP contribution < -0.4 is 10.6 Å². The molecule has 1 rings (SSSR count). The summed E-state index contributed by atoms with van der Waals surface area (Å²) in [5, 5.41) is 32.0. The Kier molecular flexibility index (Phi) is 30.4. The second-order valence-electron chi connectivity index (χ2n) is 10.4. The monoisotopic (exact) mass is 618 g/mol. The van der Waals surface area contributed by atoms with Crippen LogP contribution in [-0.2, 0) is 24.0 Å². The van der Waals surface area contributed by atoms with Crippen LogP contribution in [-0.4, -0.2) is 158 Å². The minimum atomic E-state index is -0.867. The van der Waals surface area contributed by atoms with E-state index in [1.54, 1.807) is 0 Å². The summed E-state index contributed by atoms with van der Waals surface area (Å²) in [7, 11) is 0. The average Bonchev–Trinajstić information content (AvgIpc) is 2.97. The molecule has 1 saturated heterocycles.